The van der Waals surface area contributed by atoms with E-state index in [1.165, 1.54) is 0 Å². The van der Waals surface area contributed by atoms with Crippen LogP contribution in [0.25, 0.3) is 0 Å². The second-order valence-corrected chi connectivity index (χ2v) is 5.53. The molecule has 98 valence electrons. The first kappa shape index (κ1) is 13.1. The van der Waals surface area contributed by atoms with Crippen LogP contribution in [0, 0.1) is 0 Å². The zero-order valence-electron chi connectivity index (χ0n) is 10.7. The van der Waals surface area contributed by atoms with E-state index in [9.17, 15) is 4.79 Å². The minimum Gasteiger partial charge on any atom is -0.495 e. The topological polar surface area (TPSA) is 55.6 Å². The summed E-state index contributed by atoms with van der Waals surface area (Å²) in [6.07, 6.45) is 0. The fourth-order valence-electron chi connectivity index (χ4n) is 2.06. The highest BCUT2D eigenvalue weighted by Crippen LogP contribution is 2.24. The Morgan fingerprint density at radius 2 is 2.33 bits per heavy atom. The van der Waals surface area contributed by atoms with Crippen LogP contribution in [0.1, 0.15) is 17.3 Å². The number of nitrogens with zero attached hydrogens (tertiary/aromatic N) is 1. The van der Waals surface area contributed by atoms with Gasteiger partial charge in [0.15, 0.2) is 0 Å². The third kappa shape index (κ3) is 2.56. The van der Waals surface area contributed by atoms with Crippen LogP contribution in [0.2, 0.25) is 0 Å². The second-order valence-electron chi connectivity index (χ2n) is 4.38. The Labute approximate surface area is 111 Å². The summed E-state index contributed by atoms with van der Waals surface area (Å²) in [4.78, 5) is 14.3. The number of nitrogens with two attached hydrogens (primary N) is 1. The zero-order chi connectivity index (χ0) is 13.1. The number of hydrogen-bond acceptors (Lipinski definition) is 4. The normalized spacial score (nSPS) is 19.7. The quantitative estimate of drug-likeness (QED) is 0.830. The molecular formula is C13H18N2O2S. The summed E-state index contributed by atoms with van der Waals surface area (Å²) in [6, 6.07) is 5.48. The monoisotopic (exact) mass is 266 g/mol. The molecule has 1 unspecified atom stereocenters. The molecular weight excluding hydrogens is 248 g/mol. The Balaban J connectivity index is 2.20. The van der Waals surface area contributed by atoms with E-state index in [0.717, 1.165) is 18.1 Å². The van der Waals surface area contributed by atoms with E-state index >= 15 is 0 Å². The molecule has 0 aliphatic carbocycles. The van der Waals surface area contributed by atoms with E-state index in [0.29, 0.717) is 17.0 Å². The zero-order valence-corrected chi connectivity index (χ0v) is 11.5. The van der Waals surface area contributed by atoms with E-state index in [-0.39, 0.29) is 11.9 Å². The van der Waals surface area contributed by atoms with Gasteiger partial charge in [-0.25, -0.2) is 0 Å². The van der Waals surface area contributed by atoms with Crippen LogP contribution in [0.3, 0.4) is 0 Å². The molecule has 4 nitrogen and oxygen atoms in total. The molecule has 1 aromatic rings. The van der Waals surface area contributed by atoms with E-state index in [1.54, 1.807) is 25.3 Å². The number of anilines is 1. The highest BCUT2D eigenvalue weighted by molar-refractivity contribution is 7.99. The molecule has 1 aliphatic heterocycles. The predicted molar refractivity (Wildman–Crippen MR) is 75.2 cm³/mol. The molecule has 0 saturated carbocycles. The molecule has 0 radical (unpaired) electrons. The summed E-state index contributed by atoms with van der Waals surface area (Å²) in [5, 5.41) is 0. The lowest BCUT2D eigenvalue weighted by atomic mass is 10.1. The first-order valence-corrected chi connectivity index (χ1v) is 7.11. The third-order valence-electron chi connectivity index (χ3n) is 3.11. The number of hydrogen-bond donors (Lipinski definition) is 1. The van der Waals surface area contributed by atoms with Crippen LogP contribution in [0.4, 0.5) is 5.69 Å². The van der Waals surface area contributed by atoms with Crippen molar-refractivity contribution in [3.8, 4) is 5.75 Å². The Hall–Kier alpha value is -1.36. The van der Waals surface area contributed by atoms with Gasteiger partial charge in [-0.2, -0.15) is 11.8 Å². The van der Waals surface area contributed by atoms with Gasteiger partial charge < -0.3 is 15.4 Å². The van der Waals surface area contributed by atoms with Crippen molar-refractivity contribution in [2.45, 2.75) is 13.0 Å². The summed E-state index contributed by atoms with van der Waals surface area (Å²) >= 11 is 1.89. The summed E-state index contributed by atoms with van der Waals surface area (Å²) in [5.74, 6) is 2.66. The number of amides is 1. The molecule has 1 atom stereocenters. The Morgan fingerprint density at radius 1 is 1.56 bits per heavy atom. The Morgan fingerprint density at radius 3 is 2.94 bits per heavy atom. The van der Waals surface area contributed by atoms with Crippen molar-refractivity contribution in [3.05, 3.63) is 23.8 Å². The molecule has 2 N–H and O–H groups in total. The van der Waals surface area contributed by atoms with Gasteiger partial charge >= 0.3 is 0 Å². The summed E-state index contributed by atoms with van der Waals surface area (Å²) in [6.45, 7) is 2.88. The highest BCUT2D eigenvalue weighted by Gasteiger charge is 2.24. The van der Waals surface area contributed by atoms with Crippen molar-refractivity contribution < 1.29 is 9.53 Å². The van der Waals surface area contributed by atoms with Crippen molar-refractivity contribution in [1.29, 1.82) is 0 Å². The van der Waals surface area contributed by atoms with E-state index in [2.05, 4.69) is 6.92 Å². The molecule has 1 aromatic carbocycles. The fourth-order valence-corrected chi connectivity index (χ4v) is 3.08. The number of carbonyl (C=O) groups excluding carboxylic acids is 1. The van der Waals surface area contributed by atoms with Crippen LogP contribution >= 0.6 is 11.8 Å². The van der Waals surface area contributed by atoms with Gasteiger partial charge in [-0.3, -0.25) is 4.79 Å². The SMILES string of the molecule is COc1ccc(C(=O)N2CCSCC2C)cc1N. The first-order valence-electron chi connectivity index (χ1n) is 5.95. The van der Waals surface area contributed by atoms with E-state index < -0.39 is 0 Å². The molecule has 1 amide bonds. The molecule has 18 heavy (non-hydrogen) atoms. The summed E-state index contributed by atoms with van der Waals surface area (Å²) in [5.41, 5.74) is 6.97. The van der Waals surface area contributed by atoms with Gasteiger partial charge in [0.2, 0.25) is 0 Å². The van der Waals surface area contributed by atoms with Crippen molar-refractivity contribution in [1.82, 2.24) is 4.90 Å². The van der Waals surface area contributed by atoms with Gasteiger partial charge in [-0.05, 0) is 25.1 Å². The Kier molecular flexibility index (Phi) is 4.01. The van der Waals surface area contributed by atoms with E-state index in [1.807, 2.05) is 16.7 Å². The lowest BCUT2D eigenvalue weighted by Gasteiger charge is -2.33. The maximum Gasteiger partial charge on any atom is 0.254 e. The minimum absolute atomic E-state index is 0.0529. The average Bonchev–Trinajstić information content (AvgIpc) is 2.38. The molecule has 1 saturated heterocycles. The number of methoxy groups -OCH3 is 1. The van der Waals surface area contributed by atoms with Gasteiger partial charge in [0, 0.05) is 29.7 Å². The molecule has 1 heterocycles. The number of rotatable bonds is 2. The second kappa shape index (κ2) is 5.52. The molecule has 0 aromatic heterocycles. The summed E-state index contributed by atoms with van der Waals surface area (Å²) < 4.78 is 5.09. The number of benzene rings is 1. The van der Waals surface area contributed by atoms with Crippen LogP contribution in [0.5, 0.6) is 5.75 Å². The number of carbonyl (C=O) groups is 1. The van der Waals surface area contributed by atoms with Gasteiger partial charge in [0.05, 0.1) is 12.8 Å². The number of thioether (sulfide) groups is 1. The largest absolute Gasteiger partial charge is 0.495 e. The van der Waals surface area contributed by atoms with Crippen LogP contribution in [0.15, 0.2) is 18.2 Å². The van der Waals surface area contributed by atoms with Gasteiger partial charge in [-0.1, -0.05) is 0 Å². The molecule has 0 bridgehead atoms. The number of nitrogen functional groups attached to an aromatic ring is 1. The van der Waals surface area contributed by atoms with Crippen molar-refractivity contribution in [3.63, 3.8) is 0 Å². The number of ether oxygens (including phenoxy) is 1. The third-order valence-corrected chi connectivity index (χ3v) is 4.29. The lowest BCUT2D eigenvalue weighted by molar-refractivity contribution is 0.0716. The molecule has 0 spiro atoms. The molecule has 1 aliphatic rings. The van der Waals surface area contributed by atoms with E-state index in [4.69, 9.17) is 10.5 Å². The van der Waals surface area contributed by atoms with Gasteiger partial charge in [0.25, 0.3) is 5.91 Å². The Bertz CT molecular complexity index is 451. The first-order chi connectivity index (χ1) is 8.63. The van der Waals surface area contributed by atoms with Crippen LogP contribution in [-0.4, -0.2) is 42.0 Å². The smallest absolute Gasteiger partial charge is 0.254 e. The molecule has 2 rings (SSSR count). The van der Waals surface area contributed by atoms with Gasteiger partial charge in [-0.15, -0.1) is 0 Å². The fraction of sp³-hybridized carbons (Fsp3) is 0.462. The average molecular weight is 266 g/mol. The summed E-state index contributed by atoms with van der Waals surface area (Å²) in [7, 11) is 1.57. The molecule has 1 fully saturated rings. The lowest BCUT2D eigenvalue weighted by Crippen LogP contribution is -2.44. The predicted octanol–water partition coefficient (Wildman–Crippen LogP) is 1.85. The van der Waals surface area contributed by atoms with Crippen LogP contribution in [-0.2, 0) is 0 Å². The standard InChI is InChI=1S/C13H18N2O2S/c1-9-8-18-6-5-15(9)13(16)10-3-4-12(17-2)11(14)7-10/h3-4,7,9H,5-6,8,14H2,1-2H3. The van der Waals surface area contributed by atoms with Crippen molar-refractivity contribution in [2.24, 2.45) is 0 Å². The highest BCUT2D eigenvalue weighted by atomic mass is 32.2. The van der Waals surface area contributed by atoms with Crippen LogP contribution < -0.4 is 10.5 Å². The van der Waals surface area contributed by atoms with Gasteiger partial charge in [0.1, 0.15) is 5.75 Å². The van der Waals surface area contributed by atoms with Crippen molar-refractivity contribution >= 4 is 23.4 Å². The maximum absolute atomic E-state index is 12.4. The minimum atomic E-state index is 0.0529. The maximum atomic E-state index is 12.4. The van der Waals surface area contributed by atoms with Crippen molar-refractivity contribution in [2.75, 3.05) is 30.9 Å². The molecule has 5 heteroatoms.